The first-order chi connectivity index (χ1) is 11.3. The lowest BCUT2D eigenvalue weighted by molar-refractivity contribution is -0.386. The molecule has 1 saturated carbocycles. The van der Waals surface area contributed by atoms with Crippen molar-refractivity contribution < 1.29 is 22.8 Å². The lowest BCUT2D eigenvalue weighted by atomic mass is 9.94. The second kappa shape index (κ2) is 5.81. The summed E-state index contributed by atoms with van der Waals surface area (Å²) < 4.78 is 45.0. The van der Waals surface area contributed by atoms with Crippen molar-refractivity contribution in [3.63, 3.8) is 0 Å². The molecule has 0 bridgehead atoms. The maximum absolute atomic E-state index is 13.2. The average Bonchev–Trinajstić information content (AvgIpc) is 3.35. The predicted octanol–water partition coefficient (Wildman–Crippen LogP) is 4.77. The Bertz CT molecular complexity index is 755. The van der Waals surface area contributed by atoms with Gasteiger partial charge in [0.15, 0.2) is 5.75 Å². The second-order valence-corrected chi connectivity index (χ2v) is 5.79. The van der Waals surface area contributed by atoms with E-state index in [1.807, 2.05) is 6.07 Å². The van der Waals surface area contributed by atoms with Crippen LogP contribution in [0.2, 0.25) is 0 Å². The third-order valence-electron chi connectivity index (χ3n) is 4.24. The van der Waals surface area contributed by atoms with Crippen LogP contribution in [0.15, 0.2) is 48.5 Å². The van der Waals surface area contributed by atoms with Gasteiger partial charge in [0, 0.05) is 6.07 Å². The molecular weight excluding hydrogens is 323 g/mol. The van der Waals surface area contributed by atoms with Crippen LogP contribution in [0.5, 0.6) is 5.75 Å². The normalized spacial score (nSPS) is 15.8. The van der Waals surface area contributed by atoms with Gasteiger partial charge < -0.3 is 4.74 Å². The van der Waals surface area contributed by atoms with Gasteiger partial charge in [-0.05, 0) is 30.0 Å². The SMILES string of the molecule is O=[N+]([O-])c1cc(C2(C(F)(F)F)CC2)ccc1OCc1ccccc1. The molecule has 4 nitrogen and oxygen atoms in total. The molecule has 0 saturated heterocycles. The highest BCUT2D eigenvalue weighted by atomic mass is 19.4. The zero-order chi connectivity index (χ0) is 17.4. The Morgan fingerprint density at radius 2 is 1.79 bits per heavy atom. The van der Waals surface area contributed by atoms with Gasteiger partial charge in [0.1, 0.15) is 6.61 Å². The van der Waals surface area contributed by atoms with Crippen molar-refractivity contribution in [2.75, 3.05) is 0 Å². The summed E-state index contributed by atoms with van der Waals surface area (Å²) in [5.74, 6) is -0.0365. The summed E-state index contributed by atoms with van der Waals surface area (Å²) in [4.78, 5) is 10.5. The molecule has 1 fully saturated rings. The topological polar surface area (TPSA) is 52.4 Å². The van der Waals surface area contributed by atoms with Gasteiger partial charge in [-0.1, -0.05) is 36.4 Å². The highest BCUT2D eigenvalue weighted by molar-refractivity contribution is 5.52. The largest absolute Gasteiger partial charge is 0.482 e. The van der Waals surface area contributed by atoms with Gasteiger partial charge in [0.25, 0.3) is 0 Å². The smallest absolute Gasteiger partial charge is 0.398 e. The fraction of sp³-hybridized carbons (Fsp3) is 0.294. The second-order valence-electron chi connectivity index (χ2n) is 5.79. The Morgan fingerprint density at radius 3 is 2.33 bits per heavy atom. The highest BCUT2D eigenvalue weighted by Gasteiger charge is 2.64. The average molecular weight is 337 g/mol. The number of nitro groups is 1. The minimum atomic E-state index is -4.41. The van der Waals surface area contributed by atoms with Crippen LogP contribution in [0.1, 0.15) is 24.0 Å². The molecule has 0 N–H and O–H groups in total. The number of ether oxygens (including phenoxy) is 1. The van der Waals surface area contributed by atoms with Crippen molar-refractivity contribution in [3.8, 4) is 5.75 Å². The van der Waals surface area contributed by atoms with E-state index in [1.165, 1.54) is 12.1 Å². The van der Waals surface area contributed by atoms with E-state index >= 15 is 0 Å². The minimum absolute atomic E-state index is 0.0365. The number of hydrogen-bond acceptors (Lipinski definition) is 3. The first-order valence-electron chi connectivity index (χ1n) is 7.36. The zero-order valence-corrected chi connectivity index (χ0v) is 12.5. The standard InChI is InChI=1S/C17H14F3NO3/c18-17(19,20)16(8-9-16)13-6-7-15(14(10-13)21(22)23)24-11-12-4-2-1-3-5-12/h1-7,10H,8-9,11H2. The first kappa shape index (κ1) is 16.3. The van der Waals surface area contributed by atoms with Crippen LogP contribution in [-0.2, 0) is 12.0 Å². The van der Waals surface area contributed by atoms with E-state index in [2.05, 4.69) is 0 Å². The Labute approximate surface area is 136 Å². The van der Waals surface area contributed by atoms with E-state index in [0.717, 1.165) is 11.6 Å². The summed E-state index contributed by atoms with van der Waals surface area (Å²) in [7, 11) is 0. The summed E-state index contributed by atoms with van der Waals surface area (Å²) in [6.07, 6.45) is -4.50. The number of benzene rings is 2. The van der Waals surface area contributed by atoms with Crippen LogP contribution >= 0.6 is 0 Å². The third kappa shape index (κ3) is 2.93. The van der Waals surface area contributed by atoms with Gasteiger partial charge in [-0.15, -0.1) is 0 Å². The molecule has 7 heteroatoms. The van der Waals surface area contributed by atoms with Gasteiger partial charge in [-0.2, -0.15) is 13.2 Å². The maximum atomic E-state index is 13.2. The molecule has 1 aliphatic carbocycles. The van der Waals surface area contributed by atoms with Crippen molar-refractivity contribution in [1.29, 1.82) is 0 Å². The van der Waals surface area contributed by atoms with Gasteiger partial charge in [-0.25, -0.2) is 0 Å². The number of halogens is 3. The van der Waals surface area contributed by atoms with Crippen LogP contribution in [0.4, 0.5) is 18.9 Å². The van der Waals surface area contributed by atoms with Gasteiger partial charge in [0.2, 0.25) is 0 Å². The van der Waals surface area contributed by atoms with E-state index < -0.39 is 22.2 Å². The molecule has 24 heavy (non-hydrogen) atoms. The monoisotopic (exact) mass is 337 g/mol. The van der Waals surface area contributed by atoms with E-state index in [4.69, 9.17) is 4.74 Å². The van der Waals surface area contributed by atoms with Crippen molar-refractivity contribution in [2.24, 2.45) is 0 Å². The predicted molar refractivity (Wildman–Crippen MR) is 80.8 cm³/mol. The van der Waals surface area contributed by atoms with Gasteiger partial charge in [-0.3, -0.25) is 10.1 Å². The zero-order valence-electron chi connectivity index (χ0n) is 12.5. The number of rotatable bonds is 5. The molecule has 126 valence electrons. The molecular formula is C17H14F3NO3. The van der Waals surface area contributed by atoms with Crippen molar-refractivity contribution in [3.05, 3.63) is 69.8 Å². The summed E-state index contributed by atoms with van der Waals surface area (Å²) in [5, 5.41) is 11.2. The summed E-state index contributed by atoms with van der Waals surface area (Å²) in [5.41, 5.74) is -1.66. The van der Waals surface area contributed by atoms with Crippen LogP contribution < -0.4 is 4.74 Å². The molecule has 2 aromatic rings. The quantitative estimate of drug-likeness (QED) is 0.583. The maximum Gasteiger partial charge on any atom is 0.398 e. The fourth-order valence-corrected chi connectivity index (χ4v) is 2.68. The third-order valence-corrected chi connectivity index (χ3v) is 4.24. The summed E-state index contributed by atoms with van der Waals surface area (Å²) >= 11 is 0. The number of nitrogens with zero attached hydrogens (tertiary/aromatic N) is 1. The van der Waals surface area contributed by atoms with Crippen molar-refractivity contribution >= 4 is 5.69 Å². The molecule has 0 heterocycles. The van der Waals surface area contributed by atoms with Gasteiger partial charge in [0.05, 0.1) is 10.3 Å². The summed E-state index contributed by atoms with van der Waals surface area (Å²) in [6, 6.07) is 12.5. The Hall–Kier alpha value is -2.57. The lowest BCUT2D eigenvalue weighted by Crippen LogP contribution is -2.28. The number of hydrogen-bond donors (Lipinski definition) is 0. The Balaban J connectivity index is 1.87. The Morgan fingerprint density at radius 1 is 1.12 bits per heavy atom. The highest BCUT2D eigenvalue weighted by Crippen LogP contribution is 2.59. The van der Waals surface area contributed by atoms with E-state index in [9.17, 15) is 23.3 Å². The van der Waals surface area contributed by atoms with Crippen molar-refractivity contribution in [2.45, 2.75) is 31.0 Å². The molecule has 1 aliphatic rings. The molecule has 0 radical (unpaired) electrons. The molecule has 0 atom stereocenters. The van der Waals surface area contributed by atoms with Gasteiger partial charge >= 0.3 is 11.9 Å². The number of nitro benzene ring substituents is 1. The number of alkyl halides is 3. The molecule has 0 aliphatic heterocycles. The molecule has 0 aromatic heterocycles. The molecule has 0 spiro atoms. The Kier molecular flexibility index (Phi) is 3.95. The van der Waals surface area contributed by atoms with Crippen molar-refractivity contribution in [1.82, 2.24) is 0 Å². The fourth-order valence-electron chi connectivity index (χ4n) is 2.68. The van der Waals surface area contributed by atoms with E-state index in [1.54, 1.807) is 24.3 Å². The molecule has 0 amide bonds. The first-order valence-corrected chi connectivity index (χ1v) is 7.36. The van der Waals surface area contributed by atoms with Crippen LogP contribution in [-0.4, -0.2) is 11.1 Å². The van der Waals surface area contributed by atoms with E-state index in [0.29, 0.717) is 0 Å². The summed E-state index contributed by atoms with van der Waals surface area (Å²) in [6.45, 7) is 0.103. The van der Waals surface area contributed by atoms with E-state index in [-0.39, 0.29) is 30.8 Å². The molecule has 0 unspecified atom stereocenters. The molecule has 2 aromatic carbocycles. The lowest BCUT2D eigenvalue weighted by Gasteiger charge is -2.19. The van der Waals surface area contributed by atoms with Crippen LogP contribution in [0.3, 0.4) is 0 Å². The minimum Gasteiger partial charge on any atom is -0.482 e. The van der Waals surface area contributed by atoms with Crippen LogP contribution in [0, 0.1) is 10.1 Å². The van der Waals surface area contributed by atoms with Crippen LogP contribution in [0.25, 0.3) is 0 Å². The molecule has 3 rings (SSSR count).